The lowest BCUT2D eigenvalue weighted by Crippen LogP contribution is -2.54. The van der Waals surface area contributed by atoms with Crippen molar-refractivity contribution in [2.75, 3.05) is 37.8 Å². The lowest BCUT2D eigenvalue weighted by molar-refractivity contribution is -0.158. The summed E-state index contributed by atoms with van der Waals surface area (Å²) in [7, 11) is 0. The molecule has 0 radical (unpaired) electrons. The Labute approximate surface area is 178 Å². The SMILES string of the molecule is CCOc1ccc(OC2CN(c3ccc([C@H](C)NC(=O)C4(C)COC4)cc3)C2)cc1. The first kappa shape index (κ1) is 20.5. The molecule has 2 aliphatic rings. The molecule has 30 heavy (non-hydrogen) atoms. The van der Waals surface area contributed by atoms with Crippen molar-refractivity contribution in [3.05, 3.63) is 54.1 Å². The predicted molar refractivity (Wildman–Crippen MR) is 116 cm³/mol. The maximum absolute atomic E-state index is 12.4. The lowest BCUT2D eigenvalue weighted by Gasteiger charge is -2.40. The summed E-state index contributed by atoms with van der Waals surface area (Å²) >= 11 is 0. The van der Waals surface area contributed by atoms with E-state index in [0.717, 1.165) is 30.2 Å². The van der Waals surface area contributed by atoms with Crippen LogP contribution in [-0.4, -0.2) is 44.9 Å². The fourth-order valence-electron chi connectivity index (χ4n) is 3.66. The molecule has 1 N–H and O–H groups in total. The van der Waals surface area contributed by atoms with E-state index in [9.17, 15) is 4.79 Å². The van der Waals surface area contributed by atoms with Crippen LogP contribution in [-0.2, 0) is 9.53 Å². The van der Waals surface area contributed by atoms with Crippen molar-refractivity contribution in [2.45, 2.75) is 32.9 Å². The Morgan fingerprint density at radius 3 is 2.33 bits per heavy atom. The lowest BCUT2D eigenvalue weighted by atomic mass is 9.87. The van der Waals surface area contributed by atoms with Crippen LogP contribution in [0.25, 0.3) is 0 Å². The van der Waals surface area contributed by atoms with Crippen LogP contribution >= 0.6 is 0 Å². The summed E-state index contributed by atoms with van der Waals surface area (Å²) in [4.78, 5) is 14.7. The number of benzene rings is 2. The molecule has 6 heteroatoms. The first-order valence-corrected chi connectivity index (χ1v) is 10.6. The summed E-state index contributed by atoms with van der Waals surface area (Å²) in [6, 6.07) is 16.1. The number of hydrogen-bond acceptors (Lipinski definition) is 5. The molecule has 2 aromatic rings. The van der Waals surface area contributed by atoms with Gasteiger partial charge in [-0.2, -0.15) is 0 Å². The van der Waals surface area contributed by atoms with Gasteiger partial charge < -0.3 is 24.4 Å². The summed E-state index contributed by atoms with van der Waals surface area (Å²) in [5.41, 5.74) is 1.88. The number of amides is 1. The summed E-state index contributed by atoms with van der Waals surface area (Å²) < 4.78 is 16.7. The Morgan fingerprint density at radius 1 is 1.13 bits per heavy atom. The highest BCUT2D eigenvalue weighted by Crippen LogP contribution is 2.29. The van der Waals surface area contributed by atoms with Crippen molar-refractivity contribution < 1.29 is 19.0 Å². The van der Waals surface area contributed by atoms with E-state index in [1.54, 1.807) is 0 Å². The number of rotatable bonds is 8. The third kappa shape index (κ3) is 4.38. The average molecular weight is 411 g/mol. The number of carbonyl (C=O) groups is 1. The van der Waals surface area contributed by atoms with Crippen LogP contribution < -0.4 is 19.7 Å². The maximum atomic E-state index is 12.4. The Hall–Kier alpha value is -2.73. The largest absolute Gasteiger partial charge is 0.494 e. The van der Waals surface area contributed by atoms with Gasteiger partial charge in [-0.05, 0) is 62.7 Å². The molecule has 0 unspecified atom stereocenters. The van der Waals surface area contributed by atoms with E-state index >= 15 is 0 Å². The third-order valence-electron chi connectivity index (χ3n) is 5.78. The van der Waals surface area contributed by atoms with E-state index in [2.05, 4.69) is 34.5 Å². The minimum atomic E-state index is -0.385. The molecule has 0 saturated carbocycles. The van der Waals surface area contributed by atoms with Crippen LogP contribution in [0, 0.1) is 5.41 Å². The van der Waals surface area contributed by atoms with Crippen molar-refractivity contribution in [3.63, 3.8) is 0 Å². The number of hydrogen-bond donors (Lipinski definition) is 1. The van der Waals surface area contributed by atoms with Crippen LogP contribution in [0.2, 0.25) is 0 Å². The van der Waals surface area contributed by atoms with E-state index in [1.165, 1.54) is 5.69 Å². The van der Waals surface area contributed by atoms with Crippen LogP contribution in [0.15, 0.2) is 48.5 Å². The quantitative estimate of drug-likeness (QED) is 0.721. The van der Waals surface area contributed by atoms with Crippen LogP contribution in [0.3, 0.4) is 0 Å². The van der Waals surface area contributed by atoms with E-state index in [0.29, 0.717) is 19.8 Å². The number of nitrogens with one attached hydrogen (secondary N) is 1. The third-order valence-corrected chi connectivity index (χ3v) is 5.78. The maximum Gasteiger partial charge on any atom is 0.231 e. The van der Waals surface area contributed by atoms with Crippen LogP contribution in [0.4, 0.5) is 5.69 Å². The fourth-order valence-corrected chi connectivity index (χ4v) is 3.66. The van der Waals surface area contributed by atoms with Crippen LogP contribution in [0.5, 0.6) is 11.5 Å². The molecule has 2 heterocycles. The van der Waals surface area contributed by atoms with Gasteiger partial charge in [0, 0.05) is 5.69 Å². The molecule has 0 aromatic heterocycles. The standard InChI is InChI=1S/C24H30N2O4/c1-4-29-20-9-11-21(12-10-20)30-22-13-26(14-22)19-7-5-18(6-8-19)17(2)25-23(27)24(3)15-28-16-24/h5-12,17,22H,4,13-16H2,1-3H3,(H,25,27)/t17-/m0/s1. The molecule has 0 bridgehead atoms. The van der Waals surface area contributed by atoms with Gasteiger partial charge in [-0.15, -0.1) is 0 Å². The summed E-state index contributed by atoms with van der Waals surface area (Å²) in [5.74, 6) is 1.79. The molecule has 0 spiro atoms. The number of nitrogens with zero attached hydrogens (tertiary/aromatic N) is 1. The molecule has 2 fully saturated rings. The molecular weight excluding hydrogens is 380 g/mol. The second-order valence-electron chi connectivity index (χ2n) is 8.39. The van der Waals surface area contributed by atoms with Crippen molar-refractivity contribution >= 4 is 11.6 Å². The number of carbonyl (C=O) groups excluding carboxylic acids is 1. The molecule has 6 nitrogen and oxygen atoms in total. The zero-order valence-corrected chi connectivity index (χ0v) is 17.9. The second-order valence-corrected chi connectivity index (χ2v) is 8.39. The highest BCUT2D eigenvalue weighted by molar-refractivity contribution is 5.83. The summed E-state index contributed by atoms with van der Waals surface area (Å²) in [6.07, 6.45) is 0.186. The Kier molecular flexibility index (Phi) is 5.86. The van der Waals surface area contributed by atoms with Gasteiger partial charge in [0.1, 0.15) is 17.6 Å². The van der Waals surface area contributed by atoms with E-state index in [4.69, 9.17) is 14.2 Å². The monoisotopic (exact) mass is 410 g/mol. The Bertz CT molecular complexity index is 856. The summed E-state index contributed by atoms with van der Waals surface area (Å²) in [5, 5.41) is 3.10. The predicted octanol–water partition coefficient (Wildman–Crippen LogP) is 3.57. The van der Waals surface area contributed by atoms with E-state index < -0.39 is 0 Å². The first-order chi connectivity index (χ1) is 14.5. The minimum absolute atomic E-state index is 0.0314. The number of ether oxygens (including phenoxy) is 3. The second kappa shape index (κ2) is 8.56. The fraction of sp³-hybridized carbons (Fsp3) is 0.458. The van der Waals surface area contributed by atoms with Gasteiger partial charge in [-0.3, -0.25) is 4.79 Å². The highest BCUT2D eigenvalue weighted by atomic mass is 16.5. The molecule has 4 rings (SSSR count). The molecule has 160 valence electrons. The Balaban J connectivity index is 1.25. The van der Waals surface area contributed by atoms with Gasteiger partial charge in [0.05, 0.1) is 44.4 Å². The van der Waals surface area contributed by atoms with Gasteiger partial charge in [0.2, 0.25) is 5.91 Å². The zero-order valence-electron chi connectivity index (χ0n) is 17.9. The molecular formula is C24H30N2O4. The van der Waals surface area contributed by atoms with Crippen molar-refractivity contribution in [1.82, 2.24) is 5.32 Å². The van der Waals surface area contributed by atoms with Crippen molar-refractivity contribution in [2.24, 2.45) is 5.41 Å². The topological polar surface area (TPSA) is 60.0 Å². The molecule has 2 aliphatic heterocycles. The Morgan fingerprint density at radius 2 is 1.77 bits per heavy atom. The van der Waals surface area contributed by atoms with E-state index in [-0.39, 0.29) is 23.5 Å². The average Bonchev–Trinajstić information content (AvgIpc) is 2.70. The van der Waals surface area contributed by atoms with Crippen molar-refractivity contribution in [3.8, 4) is 11.5 Å². The highest BCUT2D eigenvalue weighted by Gasteiger charge is 2.41. The summed E-state index contributed by atoms with van der Waals surface area (Å²) in [6.45, 7) is 9.31. The molecule has 1 atom stereocenters. The normalized spacial score (nSPS) is 18.7. The van der Waals surface area contributed by atoms with E-state index in [1.807, 2.05) is 45.0 Å². The van der Waals surface area contributed by atoms with Gasteiger partial charge in [-0.1, -0.05) is 12.1 Å². The van der Waals surface area contributed by atoms with Gasteiger partial charge in [-0.25, -0.2) is 0 Å². The molecule has 2 saturated heterocycles. The van der Waals surface area contributed by atoms with Gasteiger partial charge >= 0.3 is 0 Å². The van der Waals surface area contributed by atoms with Crippen molar-refractivity contribution in [1.29, 1.82) is 0 Å². The molecule has 1 amide bonds. The number of anilines is 1. The molecule has 0 aliphatic carbocycles. The minimum Gasteiger partial charge on any atom is -0.494 e. The smallest absolute Gasteiger partial charge is 0.231 e. The van der Waals surface area contributed by atoms with Gasteiger partial charge in [0.25, 0.3) is 0 Å². The zero-order chi connectivity index (χ0) is 21.1. The first-order valence-electron chi connectivity index (χ1n) is 10.6. The van der Waals surface area contributed by atoms with Crippen LogP contribution in [0.1, 0.15) is 32.4 Å². The van der Waals surface area contributed by atoms with Gasteiger partial charge in [0.15, 0.2) is 0 Å². The molecule has 2 aromatic carbocycles.